The summed E-state index contributed by atoms with van der Waals surface area (Å²) < 4.78 is 11.0. The van der Waals surface area contributed by atoms with Crippen LogP contribution in [0.4, 0.5) is 11.4 Å². The Balaban J connectivity index is 1.68. The number of anilines is 2. The highest BCUT2D eigenvalue weighted by atomic mass is 35.5. The number of hydrogen-bond donors (Lipinski definition) is 2. The highest BCUT2D eigenvalue weighted by Gasteiger charge is 2.13. The fraction of sp³-hybridized carbons (Fsp3) is 0.148. The minimum atomic E-state index is -0.516. The van der Waals surface area contributed by atoms with Gasteiger partial charge in [-0.05, 0) is 73.5 Å². The Morgan fingerprint density at radius 1 is 1.00 bits per heavy atom. The number of nitrogens with zero attached hydrogens (tertiary/aromatic N) is 1. The van der Waals surface area contributed by atoms with Crippen LogP contribution in [0.5, 0.6) is 11.5 Å². The van der Waals surface area contributed by atoms with Crippen molar-refractivity contribution in [3.05, 3.63) is 87.9 Å². The van der Waals surface area contributed by atoms with Crippen LogP contribution in [-0.2, 0) is 9.59 Å². The maximum atomic E-state index is 12.6. The van der Waals surface area contributed by atoms with Crippen molar-refractivity contribution in [3.63, 3.8) is 0 Å². The summed E-state index contributed by atoms with van der Waals surface area (Å²) in [5, 5.41) is 15.6. The molecule has 0 bridgehead atoms. The molecular formula is C27H24ClN3O4. The molecule has 35 heavy (non-hydrogen) atoms. The third kappa shape index (κ3) is 7.10. The molecule has 3 aromatic carbocycles. The molecule has 2 N–H and O–H groups in total. The number of carbonyl (C=O) groups excluding carboxylic acids is 2. The first-order valence-corrected chi connectivity index (χ1v) is 11.0. The van der Waals surface area contributed by atoms with Crippen LogP contribution >= 0.6 is 11.6 Å². The molecule has 0 fully saturated rings. The maximum Gasteiger partial charge on any atom is 0.266 e. The van der Waals surface area contributed by atoms with Gasteiger partial charge in [0.1, 0.15) is 11.6 Å². The highest BCUT2D eigenvalue weighted by molar-refractivity contribution is 6.30. The summed E-state index contributed by atoms with van der Waals surface area (Å²) in [6, 6.07) is 19.2. The summed E-state index contributed by atoms with van der Waals surface area (Å²) in [5.41, 5.74) is 3.71. The van der Waals surface area contributed by atoms with Crippen LogP contribution in [-0.4, -0.2) is 25.5 Å². The van der Waals surface area contributed by atoms with Crippen LogP contribution in [0.2, 0.25) is 5.02 Å². The number of methoxy groups -OCH3 is 1. The monoisotopic (exact) mass is 489 g/mol. The molecule has 178 valence electrons. The zero-order chi connectivity index (χ0) is 25.4. The van der Waals surface area contributed by atoms with Crippen LogP contribution in [0.15, 0.2) is 66.2 Å². The molecular weight excluding hydrogens is 466 g/mol. The summed E-state index contributed by atoms with van der Waals surface area (Å²) in [6.07, 6.45) is 1.46. The van der Waals surface area contributed by atoms with Crippen molar-refractivity contribution in [3.8, 4) is 17.6 Å². The van der Waals surface area contributed by atoms with Crippen LogP contribution in [0.1, 0.15) is 16.7 Å². The average Bonchev–Trinajstić information content (AvgIpc) is 2.84. The van der Waals surface area contributed by atoms with E-state index in [0.717, 1.165) is 11.1 Å². The lowest BCUT2D eigenvalue weighted by Gasteiger charge is -2.12. The van der Waals surface area contributed by atoms with Gasteiger partial charge in [-0.1, -0.05) is 35.4 Å². The number of hydrogen-bond acceptors (Lipinski definition) is 5. The van der Waals surface area contributed by atoms with E-state index in [9.17, 15) is 14.9 Å². The van der Waals surface area contributed by atoms with Crippen molar-refractivity contribution < 1.29 is 19.1 Å². The van der Waals surface area contributed by atoms with Crippen molar-refractivity contribution in [2.75, 3.05) is 24.4 Å². The molecule has 0 unspecified atom stereocenters. The molecule has 0 aliphatic heterocycles. The quantitative estimate of drug-likeness (QED) is 0.320. The van der Waals surface area contributed by atoms with Gasteiger partial charge >= 0.3 is 0 Å². The maximum absolute atomic E-state index is 12.6. The lowest BCUT2D eigenvalue weighted by molar-refractivity contribution is -0.118. The second kappa shape index (κ2) is 11.7. The molecule has 0 atom stereocenters. The first-order valence-electron chi connectivity index (χ1n) is 10.7. The molecule has 2 amide bonds. The van der Waals surface area contributed by atoms with E-state index in [-0.39, 0.29) is 18.1 Å². The molecule has 0 aromatic heterocycles. The number of ether oxygens (including phenoxy) is 2. The number of amides is 2. The smallest absolute Gasteiger partial charge is 0.266 e. The average molecular weight is 490 g/mol. The molecule has 3 rings (SSSR count). The summed E-state index contributed by atoms with van der Waals surface area (Å²) in [4.78, 5) is 24.8. The molecule has 0 saturated heterocycles. The van der Waals surface area contributed by atoms with Crippen molar-refractivity contribution in [2.24, 2.45) is 0 Å². The fourth-order valence-electron chi connectivity index (χ4n) is 3.23. The standard InChI is InChI=1S/C27H24ClN3O4/c1-17-4-10-23(18(2)12-17)31-27(33)20(15-29)13-19-5-11-24(25(14-19)34-3)35-16-26(32)30-22-8-6-21(28)7-9-22/h4-14H,16H2,1-3H3,(H,30,32)(H,31,33)/b20-13+. The Morgan fingerprint density at radius 3 is 2.40 bits per heavy atom. The Labute approximate surface area is 208 Å². The zero-order valence-corrected chi connectivity index (χ0v) is 20.3. The fourth-order valence-corrected chi connectivity index (χ4v) is 3.35. The number of carbonyl (C=O) groups is 2. The van der Waals surface area contributed by atoms with Gasteiger partial charge in [0.15, 0.2) is 18.1 Å². The van der Waals surface area contributed by atoms with Crippen molar-refractivity contribution >= 4 is 40.9 Å². The van der Waals surface area contributed by atoms with Gasteiger partial charge in [-0.3, -0.25) is 9.59 Å². The Kier molecular flexibility index (Phi) is 8.49. The molecule has 0 spiro atoms. The number of aryl methyl sites for hydroxylation is 2. The van der Waals surface area contributed by atoms with E-state index in [2.05, 4.69) is 10.6 Å². The SMILES string of the molecule is COc1cc(/C=C(\C#N)C(=O)Nc2ccc(C)cc2C)ccc1OCC(=O)Nc1ccc(Cl)cc1. The molecule has 0 aliphatic rings. The van der Waals surface area contributed by atoms with Gasteiger partial charge in [0.2, 0.25) is 0 Å². The van der Waals surface area contributed by atoms with E-state index in [1.165, 1.54) is 13.2 Å². The van der Waals surface area contributed by atoms with Gasteiger partial charge < -0.3 is 20.1 Å². The number of nitrogens with one attached hydrogen (secondary N) is 2. The summed E-state index contributed by atoms with van der Waals surface area (Å²) in [6.45, 7) is 3.61. The Morgan fingerprint density at radius 2 is 1.74 bits per heavy atom. The van der Waals surface area contributed by atoms with Gasteiger partial charge in [0.25, 0.3) is 11.8 Å². The summed E-state index contributed by atoms with van der Waals surface area (Å²) in [7, 11) is 1.46. The van der Waals surface area contributed by atoms with E-state index in [1.807, 2.05) is 32.0 Å². The third-order valence-electron chi connectivity index (χ3n) is 4.98. The van der Waals surface area contributed by atoms with E-state index < -0.39 is 5.91 Å². The van der Waals surface area contributed by atoms with E-state index in [0.29, 0.717) is 33.5 Å². The highest BCUT2D eigenvalue weighted by Crippen LogP contribution is 2.29. The molecule has 0 saturated carbocycles. The third-order valence-corrected chi connectivity index (χ3v) is 5.23. The van der Waals surface area contributed by atoms with Gasteiger partial charge in [0, 0.05) is 16.4 Å². The van der Waals surface area contributed by atoms with Gasteiger partial charge in [-0.15, -0.1) is 0 Å². The first kappa shape index (κ1) is 25.3. The predicted molar refractivity (Wildman–Crippen MR) is 137 cm³/mol. The first-order chi connectivity index (χ1) is 16.8. The number of nitriles is 1. The van der Waals surface area contributed by atoms with E-state index in [1.54, 1.807) is 48.5 Å². The lowest BCUT2D eigenvalue weighted by Crippen LogP contribution is -2.20. The van der Waals surface area contributed by atoms with Crippen molar-refractivity contribution in [1.29, 1.82) is 5.26 Å². The molecule has 0 heterocycles. The molecule has 8 heteroatoms. The van der Waals surface area contributed by atoms with Gasteiger partial charge in [-0.25, -0.2) is 0 Å². The van der Waals surface area contributed by atoms with Crippen LogP contribution in [0.3, 0.4) is 0 Å². The molecule has 0 aliphatic carbocycles. The van der Waals surface area contributed by atoms with Crippen LogP contribution in [0, 0.1) is 25.2 Å². The Hall–Kier alpha value is -4.28. The van der Waals surface area contributed by atoms with Crippen LogP contribution in [0.25, 0.3) is 6.08 Å². The Bertz CT molecular complexity index is 1310. The van der Waals surface area contributed by atoms with E-state index >= 15 is 0 Å². The predicted octanol–water partition coefficient (Wildman–Crippen LogP) is 5.53. The largest absolute Gasteiger partial charge is 0.493 e. The lowest BCUT2D eigenvalue weighted by atomic mass is 10.1. The molecule has 0 radical (unpaired) electrons. The summed E-state index contributed by atoms with van der Waals surface area (Å²) >= 11 is 5.85. The molecule has 3 aromatic rings. The molecule has 7 nitrogen and oxygen atoms in total. The number of halogens is 1. The van der Waals surface area contributed by atoms with Gasteiger partial charge in [-0.2, -0.15) is 5.26 Å². The second-order valence-corrected chi connectivity index (χ2v) is 8.13. The zero-order valence-electron chi connectivity index (χ0n) is 19.5. The van der Waals surface area contributed by atoms with Crippen molar-refractivity contribution in [1.82, 2.24) is 0 Å². The van der Waals surface area contributed by atoms with Crippen LogP contribution < -0.4 is 20.1 Å². The van der Waals surface area contributed by atoms with Gasteiger partial charge in [0.05, 0.1) is 7.11 Å². The van der Waals surface area contributed by atoms with E-state index in [4.69, 9.17) is 21.1 Å². The topological polar surface area (TPSA) is 100 Å². The minimum Gasteiger partial charge on any atom is -0.493 e. The second-order valence-electron chi connectivity index (χ2n) is 7.70. The number of benzene rings is 3. The number of rotatable bonds is 8. The normalized spacial score (nSPS) is 10.8. The minimum absolute atomic E-state index is 0.0666. The summed E-state index contributed by atoms with van der Waals surface area (Å²) in [5.74, 6) is -0.176. The van der Waals surface area contributed by atoms with Crippen molar-refractivity contribution in [2.45, 2.75) is 13.8 Å².